The number of carbonyl (C=O) groups is 1. The molecule has 0 unspecified atom stereocenters. The molecule has 2 heterocycles. The molecule has 0 aliphatic carbocycles. The van der Waals surface area contributed by atoms with Crippen molar-refractivity contribution in [3.63, 3.8) is 0 Å². The van der Waals surface area contributed by atoms with Gasteiger partial charge in [-0.2, -0.15) is 0 Å². The Morgan fingerprint density at radius 2 is 2.05 bits per heavy atom. The molecule has 4 heteroatoms. The average Bonchev–Trinajstić information content (AvgIpc) is 3.16. The van der Waals surface area contributed by atoms with Crippen LogP contribution in [0.1, 0.15) is 29.6 Å². The number of benzene rings is 2. The summed E-state index contributed by atoms with van der Waals surface area (Å²) in [7, 11) is 0. The number of amides is 1. The van der Waals surface area contributed by atoms with Crippen LogP contribution in [-0.2, 0) is 0 Å². The van der Waals surface area contributed by atoms with Gasteiger partial charge in [0.15, 0.2) is 0 Å². The van der Waals surface area contributed by atoms with Crippen LogP contribution in [0.3, 0.4) is 0 Å². The van der Waals surface area contributed by atoms with E-state index in [1.54, 1.807) is 11.8 Å². The van der Waals surface area contributed by atoms with Gasteiger partial charge in [-0.15, -0.1) is 11.8 Å². The van der Waals surface area contributed by atoms with Crippen LogP contribution >= 0.6 is 11.8 Å². The van der Waals surface area contributed by atoms with E-state index in [1.807, 2.05) is 18.2 Å². The lowest BCUT2D eigenvalue weighted by Crippen LogP contribution is -2.42. The summed E-state index contributed by atoms with van der Waals surface area (Å²) in [4.78, 5) is 13.8. The standard InChI is InChI=1S/C18H20N2OS/c1-22-15-6-4-11-2-3-12(8-13(11)9-15)18(21)20-17-10-14-5-7-16(17)19-14/h2-4,6,8-9,14,16-17,19H,5,7,10H2,1H3,(H,20,21)/t14-,16+,17-/m1/s1. The maximum Gasteiger partial charge on any atom is 0.251 e. The van der Waals surface area contributed by atoms with Crippen LogP contribution < -0.4 is 10.6 Å². The number of thioether (sulfide) groups is 1. The number of hydrogen-bond donors (Lipinski definition) is 2. The fraction of sp³-hybridized carbons (Fsp3) is 0.389. The Balaban J connectivity index is 1.56. The molecule has 1 amide bonds. The zero-order valence-electron chi connectivity index (χ0n) is 12.6. The Labute approximate surface area is 134 Å². The highest BCUT2D eigenvalue weighted by atomic mass is 32.2. The van der Waals surface area contributed by atoms with E-state index < -0.39 is 0 Å². The molecule has 114 valence electrons. The molecule has 3 atom stereocenters. The molecule has 0 saturated carbocycles. The normalized spacial score (nSPS) is 26.5. The zero-order valence-corrected chi connectivity index (χ0v) is 13.5. The Hall–Kier alpha value is -1.52. The van der Waals surface area contributed by atoms with Crippen LogP contribution in [0, 0.1) is 0 Å². The van der Waals surface area contributed by atoms with Gasteiger partial charge in [0.25, 0.3) is 5.91 Å². The third kappa shape index (κ3) is 2.50. The summed E-state index contributed by atoms with van der Waals surface area (Å²) < 4.78 is 0. The molecule has 2 aliphatic heterocycles. The highest BCUT2D eigenvalue weighted by Crippen LogP contribution is 2.28. The molecule has 2 aliphatic rings. The van der Waals surface area contributed by atoms with Crippen molar-refractivity contribution in [3.05, 3.63) is 42.0 Å². The van der Waals surface area contributed by atoms with Crippen molar-refractivity contribution < 1.29 is 4.79 Å². The summed E-state index contributed by atoms with van der Waals surface area (Å²) in [6.07, 6.45) is 5.58. The average molecular weight is 312 g/mol. The highest BCUT2D eigenvalue weighted by Gasteiger charge is 2.39. The maximum atomic E-state index is 12.5. The van der Waals surface area contributed by atoms with Crippen molar-refractivity contribution in [2.24, 2.45) is 0 Å². The maximum absolute atomic E-state index is 12.5. The van der Waals surface area contributed by atoms with Crippen molar-refractivity contribution in [1.82, 2.24) is 10.6 Å². The molecular weight excluding hydrogens is 292 g/mol. The van der Waals surface area contributed by atoms with Gasteiger partial charge in [0, 0.05) is 28.6 Å². The van der Waals surface area contributed by atoms with E-state index in [2.05, 4.69) is 35.1 Å². The number of nitrogens with one attached hydrogen (secondary N) is 2. The van der Waals surface area contributed by atoms with Crippen molar-refractivity contribution in [2.75, 3.05) is 6.26 Å². The molecule has 2 saturated heterocycles. The molecular formula is C18H20N2OS. The van der Waals surface area contributed by atoms with Gasteiger partial charge in [0.05, 0.1) is 0 Å². The second-order valence-electron chi connectivity index (χ2n) is 6.29. The van der Waals surface area contributed by atoms with E-state index in [-0.39, 0.29) is 5.91 Å². The van der Waals surface area contributed by atoms with Gasteiger partial charge in [-0.3, -0.25) is 4.79 Å². The molecule has 2 N–H and O–H groups in total. The lowest BCUT2D eigenvalue weighted by atomic mass is 9.95. The first kappa shape index (κ1) is 14.1. The van der Waals surface area contributed by atoms with Crippen LogP contribution in [0.15, 0.2) is 41.3 Å². The minimum absolute atomic E-state index is 0.0517. The van der Waals surface area contributed by atoms with Gasteiger partial charge in [-0.1, -0.05) is 12.1 Å². The van der Waals surface area contributed by atoms with Gasteiger partial charge in [0.2, 0.25) is 0 Å². The summed E-state index contributed by atoms with van der Waals surface area (Å²) >= 11 is 1.72. The summed E-state index contributed by atoms with van der Waals surface area (Å²) in [5.41, 5.74) is 0.758. The van der Waals surface area contributed by atoms with Gasteiger partial charge >= 0.3 is 0 Å². The van der Waals surface area contributed by atoms with Crippen molar-refractivity contribution in [2.45, 2.75) is 42.3 Å². The topological polar surface area (TPSA) is 41.1 Å². The van der Waals surface area contributed by atoms with Crippen LogP contribution in [0.2, 0.25) is 0 Å². The second-order valence-corrected chi connectivity index (χ2v) is 7.17. The van der Waals surface area contributed by atoms with E-state index >= 15 is 0 Å². The summed E-state index contributed by atoms with van der Waals surface area (Å²) in [5, 5.41) is 9.08. The number of carbonyl (C=O) groups excluding carboxylic acids is 1. The SMILES string of the molecule is CSc1ccc2ccc(C(=O)N[C@@H]3C[C@H]4CC[C@@H]3N4)cc2c1. The highest BCUT2D eigenvalue weighted by molar-refractivity contribution is 7.98. The first-order valence-corrected chi connectivity index (χ1v) is 9.10. The van der Waals surface area contributed by atoms with Gasteiger partial charge in [-0.25, -0.2) is 0 Å². The summed E-state index contributed by atoms with van der Waals surface area (Å²) in [5.74, 6) is 0.0517. The lowest BCUT2D eigenvalue weighted by molar-refractivity contribution is 0.0931. The molecule has 2 aromatic carbocycles. The van der Waals surface area contributed by atoms with E-state index in [0.717, 1.165) is 17.4 Å². The van der Waals surface area contributed by atoms with E-state index in [9.17, 15) is 4.79 Å². The van der Waals surface area contributed by atoms with Crippen LogP contribution in [-0.4, -0.2) is 30.3 Å². The fourth-order valence-corrected chi connectivity index (χ4v) is 4.18. The van der Waals surface area contributed by atoms with Crippen molar-refractivity contribution >= 4 is 28.4 Å². The summed E-state index contributed by atoms with van der Waals surface area (Å²) in [6.45, 7) is 0. The fourth-order valence-electron chi connectivity index (χ4n) is 3.73. The minimum Gasteiger partial charge on any atom is -0.348 e. The minimum atomic E-state index is 0.0517. The molecule has 2 fully saturated rings. The third-order valence-electron chi connectivity index (χ3n) is 4.93. The molecule has 3 nitrogen and oxygen atoms in total. The Morgan fingerprint density at radius 1 is 1.18 bits per heavy atom. The van der Waals surface area contributed by atoms with Crippen molar-refractivity contribution in [3.8, 4) is 0 Å². The van der Waals surface area contributed by atoms with Gasteiger partial charge in [0.1, 0.15) is 0 Å². The van der Waals surface area contributed by atoms with E-state index in [1.165, 1.54) is 23.1 Å². The van der Waals surface area contributed by atoms with Gasteiger partial charge < -0.3 is 10.6 Å². The number of fused-ring (bicyclic) bond motifs is 3. The smallest absolute Gasteiger partial charge is 0.251 e. The zero-order chi connectivity index (χ0) is 15.1. The second kappa shape index (κ2) is 5.60. The molecule has 0 spiro atoms. The largest absolute Gasteiger partial charge is 0.348 e. The summed E-state index contributed by atoms with van der Waals surface area (Å²) in [6, 6.07) is 13.7. The first-order valence-electron chi connectivity index (χ1n) is 7.87. The molecule has 0 radical (unpaired) electrons. The number of rotatable bonds is 3. The van der Waals surface area contributed by atoms with E-state index in [4.69, 9.17) is 0 Å². The van der Waals surface area contributed by atoms with Crippen LogP contribution in [0.4, 0.5) is 0 Å². The third-order valence-corrected chi connectivity index (χ3v) is 5.65. The molecule has 2 aromatic rings. The predicted octanol–water partition coefficient (Wildman–Crippen LogP) is 3.18. The quantitative estimate of drug-likeness (QED) is 0.855. The van der Waals surface area contributed by atoms with Crippen LogP contribution in [0.25, 0.3) is 10.8 Å². The van der Waals surface area contributed by atoms with E-state index in [0.29, 0.717) is 18.1 Å². The first-order chi connectivity index (χ1) is 10.7. The Morgan fingerprint density at radius 3 is 2.77 bits per heavy atom. The molecule has 0 aromatic heterocycles. The molecule has 22 heavy (non-hydrogen) atoms. The monoisotopic (exact) mass is 312 g/mol. The van der Waals surface area contributed by atoms with Gasteiger partial charge in [-0.05, 0) is 60.6 Å². The molecule has 4 rings (SSSR count). The molecule has 2 bridgehead atoms. The lowest BCUT2D eigenvalue weighted by Gasteiger charge is -2.21. The van der Waals surface area contributed by atoms with Crippen molar-refractivity contribution in [1.29, 1.82) is 0 Å². The Bertz CT molecular complexity index is 730. The number of hydrogen-bond acceptors (Lipinski definition) is 3. The predicted molar refractivity (Wildman–Crippen MR) is 91.5 cm³/mol. The van der Waals surface area contributed by atoms with Crippen LogP contribution in [0.5, 0.6) is 0 Å². The Kier molecular flexibility index (Phi) is 3.59.